The largest absolute Gasteiger partial charge is 0.468 e. The molecule has 184 valence electrons. The lowest BCUT2D eigenvalue weighted by Crippen LogP contribution is -2.37. The summed E-state index contributed by atoms with van der Waals surface area (Å²) in [5, 5.41) is 3.86. The Morgan fingerprint density at radius 2 is 2.06 bits per heavy atom. The van der Waals surface area contributed by atoms with Crippen LogP contribution in [0.5, 0.6) is 0 Å². The van der Waals surface area contributed by atoms with Gasteiger partial charge in [0.2, 0.25) is 0 Å². The number of amidine groups is 1. The Kier molecular flexibility index (Phi) is 8.40. The first kappa shape index (κ1) is 25.8. The summed E-state index contributed by atoms with van der Waals surface area (Å²) >= 11 is 1.34. The summed E-state index contributed by atoms with van der Waals surface area (Å²) in [5.41, 5.74) is -0.00652. The Balaban J connectivity index is 2.15. The van der Waals surface area contributed by atoms with Gasteiger partial charge in [0.1, 0.15) is 5.92 Å². The molecule has 1 N–H and O–H groups in total. The van der Waals surface area contributed by atoms with Crippen LogP contribution < -0.4 is 5.32 Å². The minimum Gasteiger partial charge on any atom is -0.468 e. The maximum Gasteiger partial charge on any atom is 0.416 e. The highest BCUT2D eigenvalue weighted by molar-refractivity contribution is 8.14. The van der Waals surface area contributed by atoms with Crippen molar-refractivity contribution in [1.82, 2.24) is 5.32 Å². The van der Waals surface area contributed by atoms with E-state index in [0.717, 1.165) is 25.1 Å². The molecule has 1 aromatic carbocycles. The molecule has 2 aliphatic heterocycles. The van der Waals surface area contributed by atoms with Crippen LogP contribution in [0, 0.1) is 5.92 Å². The molecule has 0 radical (unpaired) electrons. The summed E-state index contributed by atoms with van der Waals surface area (Å²) in [6.07, 6.45) is -3.68. The van der Waals surface area contributed by atoms with Gasteiger partial charge in [-0.05, 0) is 31.9 Å². The highest BCUT2D eigenvalue weighted by Gasteiger charge is 2.43. The third kappa shape index (κ3) is 5.81. The fourth-order valence-electron chi connectivity index (χ4n) is 3.94. The summed E-state index contributed by atoms with van der Waals surface area (Å²) in [6, 6.07) is 4.62. The van der Waals surface area contributed by atoms with Crippen molar-refractivity contribution in [2.75, 3.05) is 32.6 Å². The molecule has 0 aliphatic carbocycles. The number of hydrogen-bond donors (Lipinski definition) is 1. The van der Waals surface area contributed by atoms with E-state index in [-0.39, 0.29) is 23.5 Å². The number of esters is 2. The number of carbonyl (C=O) groups is 2. The first-order valence-corrected chi connectivity index (χ1v) is 11.8. The molecule has 7 nitrogen and oxygen atoms in total. The van der Waals surface area contributed by atoms with E-state index in [1.165, 1.54) is 31.0 Å². The van der Waals surface area contributed by atoms with Crippen molar-refractivity contribution < 1.29 is 32.2 Å². The van der Waals surface area contributed by atoms with Crippen molar-refractivity contribution in [2.45, 2.75) is 32.4 Å². The Morgan fingerprint density at radius 3 is 2.68 bits per heavy atom. The smallest absolute Gasteiger partial charge is 0.416 e. The molecular weight excluding hydrogens is 471 g/mol. The minimum absolute atomic E-state index is 0.0473. The van der Waals surface area contributed by atoms with Gasteiger partial charge in [0.05, 0.1) is 30.6 Å². The second-order valence-corrected chi connectivity index (χ2v) is 8.66. The number of nitrogens with one attached hydrogen (secondary N) is 1. The topological polar surface area (TPSA) is 89.4 Å². The van der Waals surface area contributed by atoms with Crippen molar-refractivity contribution in [3.8, 4) is 0 Å². The van der Waals surface area contributed by atoms with E-state index in [1.54, 1.807) is 13.8 Å². The highest BCUT2D eigenvalue weighted by atomic mass is 32.2. The number of alkyl halides is 3. The molecule has 2 heterocycles. The maximum atomic E-state index is 13.5. The van der Waals surface area contributed by atoms with Crippen LogP contribution in [0.2, 0.25) is 0 Å². The molecule has 3 rings (SSSR count). The van der Waals surface area contributed by atoms with Gasteiger partial charge >= 0.3 is 18.1 Å². The highest BCUT2D eigenvalue weighted by Crippen LogP contribution is 2.42. The zero-order valence-electron chi connectivity index (χ0n) is 19.1. The van der Waals surface area contributed by atoms with Crippen LogP contribution in [0.1, 0.15) is 37.3 Å². The van der Waals surface area contributed by atoms with Crippen LogP contribution in [-0.4, -0.2) is 55.4 Å². The second kappa shape index (κ2) is 11.1. The number of halogens is 3. The number of rotatable bonds is 6. The molecule has 2 atom stereocenters. The first-order valence-electron chi connectivity index (χ1n) is 10.8. The molecule has 0 amide bonds. The molecular formula is C23H26F3N3O4S. The Hall–Kier alpha value is -2.82. The van der Waals surface area contributed by atoms with Gasteiger partial charge in [-0.25, -0.2) is 4.79 Å². The van der Waals surface area contributed by atoms with Gasteiger partial charge in [-0.1, -0.05) is 30.0 Å². The second-order valence-electron chi connectivity index (χ2n) is 7.69. The number of nitrogens with zero attached hydrogens (tertiary/aromatic N) is 2. The van der Waals surface area contributed by atoms with Crippen LogP contribution in [-0.2, 0) is 25.2 Å². The number of hydrogen-bond acceptors (Lipinski definition) is 8. The quantitative estimate of drug-likeness (QED) is 0.599. The monoisotopic (exact) mass is 497 g/mol. The number of benzene rings is 1. The van der Waals surface area contributed by atoms with Gasteiger partial charge in [-0.2, -0.15) is 13.2 Å². The van der Waals surface area contributed by atoms with Gasteiger partial charge in [-0.15, -0.1) is 0 Å². The van der Waals surface area contributed by atoms with E-state index in [1.807, 2.05) is 0 Å². The van der Waals surface area contributed by atoms with Crippen molar-refractivity contribution in [1.29, 1.82) is 0 Å². The lowest BCUT2D eigenvalue weighted by atomic mass is 9.75. The molecule has 0 aromatic heterocycles. The number of ether oxygens (including phenoxy) is 2. The van der Waals surface area contributed by atoms with Crippen LogP contribution in [0.4, 0.5) is 13.2 Å². The molecule has 2 unspecified atom stereocenters. The molecule has 0 fully saturated rings. The lowest BCUT2D eigenvalue weighted by molar-refractivity contribution is -0.144. The molecule has 0 spiro atoms. The fraction of sp³-hybridized carbons (Fsp3) is 0.478. The van der Waals surface area contributed by atoms with Crippen LogP contribution in [0.15, 0.2) is 45.5 Å². The standard InChI is InChI=1S/C23H26F3N3O4S/c1-4-33-21(31)19-16(12-34-22-27-9-6-10-28-22)29-13(2)17(20(30)32-3)18(19)14-7-5-8-15(11-14)23(24,25)26/h5,7-8,11,17-18H,4,6,9-10,12H2,1-3H3,(H,27,28). The molecule has 0 saturated heterocycles. The van der Waals surface area contributed by atoms with E-state index in [2.05, 4.69) is 15.3 Å². The minimum atomic E-state index is -4.59. The van der Waals surface area contributed by atoms with Crippen molar-refractivity contribution in [2.24, 2.45) is 15.9 Å². The predicted molar refractivity (Wildman–Crippen MR) is 124 cm³/mol. The zero-order valence-corrected chi connectivity index (χ0v) is 19.9. The van der Waals surface area contributed by atoms with E-state index in [0.29, 0.717) is 23.1 Å². The normalized spacial score (nSPS) is 20.8. The number of thioether (sulfide) groups is 1. The van der Waals surface area contributed by atoms with Crippen molar-refractivity contribution in [3.05, 3.63) is 46.7 Å². The van der Waals surface area contributed by atoms with Gasteiger partial charge in [0, 0.05) is 30.5 Å². The van der Waals surface area contributed by atoms with Crippen LogP contribution in [0.3, 0.4) is 0 Å². The summed E-state index contributed by atoms with van der Waals surface area (Å²) in [4.78, 5) is 34.8. The molecule has 11 heteroatoms. The van der Waals surface area contributed by atoms with Gasteiger partial charge in [0.15, 0.2) is 5.17 Å². The van der Waals surface area contributed by atoms with Gasteiger partial charge < -0.3 is 14.8 Å². The molecule has 2 aliphatic rings. The third-order valence-corrected chi connectivity index (χ3v) is 6.42. The Bertz CT molecular complexity index is 1040. The number of aliphatic imine (C=N–C) groups is 2. The average Bonchev–Trinajstić information content (AvgIpc) is 2.82. The van der Waals surface area contributed by atoms with Gasteiger partial charge in [0.25, 0.3) is 0 Å². The molecule has 34 heavy (non-hydrogen) atoms. The lowest BCUT2D eigenvalue weighted by Gasteiger charge is -2.32. The molecule has 0 bridgehead atoms. The Labute approximate surface area is 199 Å². The van der Waals surface area contributed by atoms with E-state index >= 15 is 0 Å². The first-order chi connectivity index (χ1) is 16.2. The summed E-state index contributed by atoms with van der Waals surface area (Å²) < 4.78 is 50.6. The van der Waals surface area contributed by atoms with E-state index in [4.69, 9.17) is 9.47 Å². The summed E-state index contributed by atoms with van der Waals surface area (Å²) in [5.74, 6) is -3.34. The SMILES string of the molecule is CCOC(=O)C1=C(CSC2=NCCCN2)N=C(C)C(C(=O)OC)C1c1cccc(C(F)(F)F)c1. The van der Waals surface area contributed by atoms with E-state index in [9.17, 15) is 22.8 Å². The van der Waals surface area contributed by atoms with Crippen LogP contribution >= 0.6 is 11.8 Å². The van der Waals surface area contributed by atoms with Crippen molar-refractivity contribution >= 4 is 34.6 Å². The zero-order chi connectivity index (χ0) is 24.9. The predicted octanol–water partition coefficient (Wildman–Crippen LogP) is 3.95. The number of methoxy groups -OCH3 is 1. The fourth-order valence-corrected chi connectivity index (χ4v) is 4.82. The average molecular weight is 498 g/mol. The summed E-state index contributed by atoms with van der Waals surface area (Å²) in [7, 11) is 1.19. The maximum absolute atomic E-state index is 13.5. The molecule has 0 saturated carbocycles. The van der Waals surface area contributed by atoms with E-state index < -0.39 is 35.5 Å². The Morgan fingerprint density at radius 1 is 1.29 bits per heavy atom. The van der Waals surface area contributed by atoms with Crippen LogP contribution in [0.25, 0.3) is 0 Å². The molecule has 1 aromatic rings. The van der Waals surface area contributed by atoms with Gasteiger partial charge in [-0.3, -0.25) is 14.8 Å². The third-order valence-electron chi connectivity index (χ3n) is 5.45. The van der Waals surface area contributed by atoms with Crippen molar-refractivity contribution in [3.63, 3.8) is 0 Å². The summed E-state index contributed by atoms with van der Waals surface area (Å²) in [6.45, 7) is 4.74. The number of carbonyl (C=O) groups excluding carboxylic acids is 2.